The van der Waals surface area contributed by atoms with Crippen molar-refractivity contribution >= 4 is 0 Å². The summed E-state index contributed by atoms with van der Waals surface area (Å²) in [5.74, 6) is 0.682. The Morgan fingerprint density at radius 1 is 1.17 bits per heavy atom. The lowest BCUT2D eigenvalue weighted by Crippen LogP contribution is -2.25. The molecule has 5 heteroatoms. The first-order chi connectivity index (χ1) is 8.49. The molecule has 0 aliphatic heterocycles. The summed E-state index contributed by atoms with van der Waals surface area (Å²) in [4.78, 5) is 0. The van der Waals surface area contributed by atoms with Gasteiger partial charge in [0.15, 0.2) is 0 Å². The molecule has 0 aliphatic carbocycles. The zero-order chi connectivity index (χ0) is 13.9. The highest BCUT2D eigenvalue weighted by atomic mass is 19.4. The summed E-state index contributed by atoms with van der Waals surface area (Å²) in [5.41, 5.74) is 0. The molecule has 0 amide bonds. The average Bonchev–Trinajstić information content (AvgIpc) is 2.30. The molecular weight excluding hydrogens is 243 g/mol. The highest BCUT2D eigenvalue weighted by Crippen LogP contribution is 2.14. The van der Waals surface area contributed by atoms with E-state index in [1.165, 1.54) is 19.3 Å². The molecule has 0 saturated carbocycles. The molecule has 0 aromatic rings. The minimum absolute atomic E-state index is 0.165. The molecule has 110 valence electrons. The lowest BCUT2D eigenvalue weighted by atomic mass is 9.99. The quantitative estimate of drug-likeness (QED) is 0.577. The molecule has 0 rings (SSSR count). The third-order valence-corrected chi connectivity index (χ3v) is 2.88. The van der Waals surface area contributed by atoms with E-state index in [9.17, 15) is 13.2 Å². The number of hydrogen-bond acceptors (Lipinski definition) is 2. The standard InChI is InChI=1S/C13H26F3NO/c1-3-5-7-12(4-2)10-17-8-6-9-18-11-13(14,15)16/h12,17H,3-11H2,1-2H3. The van der Waals surface area contributed by atoms with Gasteiger partial charge in [0.25, 0.3) is 0 Å². The second-order valence-corrected chi connectivity index (χ2v) is 4.64. The predicted molar refractivity (Wildman–Crippen MR) is 67.7 cm³/mol. The summed E-state index contributed by atoms with van der Waals surface area (Å²) in [5, 5.41) is 3.28. The van der Waals surface area contributed by atoms with Gasteiger partial charge in [0.05, 0.1) is 0 Å². The summed E-state index contributed by atoms with van der Waals surface area (Å²) in [6, 6.07) is 0. The van der Waals surface area contributed by atoms with Crippen molar-refractivity contribution < 1.29 is 17.9 Å². The molecule has 0 spiro atoms. The smallest absolute Gasteiger partial charge is 0.372 e. The van der Waals surface area contributed by atoms with Gasteiger partial charge >= 0.3 is 6.18 Å². The van der Waals surface area contributed by atoms with Crippen molar-refractivity contribution in [3.8, 4) is 0 Å². The van der Waals surface area contributed by atoms with Crippen LogP contribution in [0.5, 0.6) is 0 Å². The number of ether oxygens (including phenoxy) is 1. The van der Waals surface area contributed by atoms with Crippen LogP contribution in [0.2, 0.25) is 0 Å². The fourth-order valence-corrected chi connectivity index (χ4v) is 1.74. The number of halogens is 3. The summed E-state index contributed by atoms with van der Waals surface area (Å²) in [6.07, 6.45) is 1.25. The van der Waals surface area contributed by atoms with E-state index >= 15 is 0 Å². The van der Waals surface area contributed by atoms with Gasteiger partial charge in [0, 0.05) is 6.61 Å². The van der Waals surface area contributed by atoms with Gasteiger partial charge in [-0.3, -0.25) is 0 Å². The summed E-state index contributed by atoms with van der Waals surface area (Å²) in [6.45, 7) is 5.06. The van der Waals surface area contributed by atoms with E-state index in [2.05, 4.69) is 23.9 Å². The Balaban J connectivity index is 3.33. The minimum atomic E-state index is -4.21. The van der Waals surface area contributed by atoms with E-state index in [1.54, 1.807) is 0 Å². The van der Waals surface area contributed by atoms with Gasteiger partial charge in [-0.15, -0.1) is 0 Å². The number of rotatable bonds is 11. The maximum atomic E-state index is 11.8. The van der Waals surface area contributed by atoms with Gasteiger partial charge < -0.3 is 10.1 Å². The van der Waals surface area contributed by atoms with Crippen molar-refractivity contribution in [3.63, 3.8) is 0 Å². The van der Waals surface area contributed by atoms with E-state index < -0.39 is 12.8 Å². The topological polar surface area (TPSA) is 21.3 Å². The van der Waals surface area contributed by atoms with Crippen molar-refractivity contribution in [1.29, 1.82) is 0 Å². The zero-order valence-corrected chi connectivity index (χ0v) is 11.5. The second-order valence-electron chi connectivity index (χ2n) is 4.64. The Labute approximate surface area is 108 Å². The zero-order valence-electron chi connectivity index (χ0n) is 11.5. The molecule has 1 N–H and O–H groups in total. The van der Waals surface area contributed by atoms with Gasteiger partial charge in [0.2, 0.25) is 0 Å². The molecule has 0 aromatic carbocycles. The van der Waals surface area contributed by atoms with Gasteiger partial charge in [-0.2, -0.15) is 13.2 Å². The lowest BCUT2D eigenvalue weighted by molar-refractivity contribution is -0.173. The van der Waals surface area contributed by atoms with Crippen LogP contribution in [0, 0.1) is 5.92 Å². The fourth-order valence-electron chi connectivity index (χ4n) is 1.74. The Bertz CT molecular complexity index is 186. The van der Waals surface area contributed by atoms with E-state index in [0.717, 1.165) is 19.5 Å². The van der Waals surface area contributed by atoms with Crippen molar-refractivity contribution in [2.75, 3.05) is 26.3 Å². The third kappa shape index (κ3) is 12.2. The SMILES string of the molecule is CCCCC(CC)CNCCCOCC(F)(F)F. The van der Waals surface area contributed by atoms with Crippen LogP contribution in [0.1, 0.15) is 46.0 Å². The fraction of sp³-hybridized carbons (Fsp3) is 1.00. The van der Waals surface area contributed by atoms with Crippen LogP contribution in [0.4, 0.5) is 13.2 Å². The normalized spacial score (nSPS) is 13.8. The van der Waals surface area contributed by atoms with Gasteiger partial charge in [-0.05, 0) is 31.8 Å². The summed E-state index contributed by atoms with van der Waals surface area (Å²) >= 11 is 0. The third-order valence-electron chi connectivity index (χ3n) is 2.88. The minimum Gasteiger partial charge on any atom is -0.372 e. The van der Waals surface area contributed by atoms with Crippen LogP contribution in [-0.4, -0.2) is 32.5 Å². The van der Waals surface area contributed by atoms with Gasteiger partial charge in [-0.1, -0.05) is 33.1 Å². The maximum Gasteiger partial charge on any atom is 0.411 e. The van der Waals surface area contributed by atoms with Crippen LogP contribution >= 0.6 is 0 Å². The first-order valence-corrected chi connectivity index (χ1v) is 6.84. The van der Waals surface area contributed by atoms with Gasteiger partial charge in [-0.25, -0.2) is 0 Å². The van der Waals surface area contributed by atoms with Crippen molar-refractivity contribution in [2.24, 2.45) is 5.92 Å². The molecule has 0 saturated heterocycles. The molecule has 1 atom stereocenters. The van der Waals surface area contributed by atoms with Crippen molar-refractivity contribution in [2.45, 2.75) is 52.1 Å². The van der Waals surface area contributed by atoms with Crippen LogP contribution in [0.3, 0.4) is 0 Å². The summed E-state index contributed by atoms with van der Waals surface area (Å²) < 4.78 is 39.8. The monoisotopic (exact) mass is 269 g/mol. The van der Waals surface area contributed by atoms with E-state index in [1.807, 2.05) is 0 Å². The summed E-state index contributed by atoms with van der Waals surface area (Å²) in [7, 11) is 0. The van der Waals surface area contributed by atoms with Crippen molar-refractivity contribution in [1.82, 2.24) is 5.32 Å². The highest BCUT2D eigenvalue weighted by Gasteiger charge is 2.27. The Kier molecular flexibility index (Phi) is 10.4. The van der Waals surface area contributed by atoms with E-state index in [-0.39, 0.29) is 6.61 Å². The number of alkyl halides is 3. The molecule has 18 heavy (non-hydrogen) atoms. The molecule has 0 bridgehead atoms. The lowest BCUT2D eigenvalue weighted by Gasteiger charge is -2.15. The van der Waals surface area contributed by atoms with Crippen molar-refractivity contribution in [3.05, 3.63) is 0 Å². The van der Waals surface area contributed by atoms with Crippen LogP contribution < -0.4 is 5.32 Å². The maximum absolute atomic E-state index is 11.8. The van der Waals surface area contributed by atoms with Crippen LogP contribution in [0.25, 0.3) is 0 Å². The Morgan fingerprint density at radius 3 is 2.44 bits per heavy atom. The van der Waals surface area contributed by atoms with E-state index in [4.69, 9.17) is 0 Å². The molecule has 0 fully saturated rings. The van der Waals surface area contributed by atoms with Crippen LogP contribution in [0.15, 0.2) is 0 Å². The average molecular weight is 269 g/mol. The molecule has 0 heterocycles. The molecular formula is C13H26F3NO. The first-order valence-electron chi connectivity index (χ1n) is 6.84. The second kappa shape index (κ2) is 10.6. The number of unbranched alkanes of at least 4 members (excludes halogenated alkanes) is 1. The van der Waals surface area contributed by atoms with E-state index in [0.29, 0.717) is 12.3 Å². The Morgan fingerprint density at radius 2 is 1.89 bits per heavy atom. The number of nitrogens with one attached hydrogen (secondary N) is 1. The molecule has 2 nitrogen and oxygen atoms in total. The molecule has 0 aromatic heterocycles. The first kappa shape index (κ1) is 17.7. The predicted octanol–water partition coefficient (Wildman–Crippen LogP) is 3.76. The number of hydrogen-bond donors (Lipinski definition) is 1. The highest BCUT2D eigenvalue weighted by molar-refractivity contribution is 4.61. The largest absolute Gasteiger partial charge is 0.411 e. The van der Waals surface area contributed by atoms with Crippen LogP contribution in [-0.2, 0) is 4.74 Å². The molecule has 1 unspecified atom stereocenters. The van der Waals surface area contributed by atoms with Gasteiger partial charge in [0.1, 0.15) is 6.61 Å². The Hall–Kier alpha value is -0.290. The molecule has 0 aliphatic rings. The molecule has 0 radical (unpaired) electrons.